The summed E-state index contributed by atoms with van der Waals surface area (Å²) in [6, 6.07) is 4.02. The standard InChI is InChI=1S/C17H27NO3/c1-10(2)18-14(6-7-15(19)20)17(21)16-12(4)8-11(3)9-13(16)5/h8-10,14,17-18,21H,6-7H2,1-5H3,(H,19,20). The fourth-order valence-corrected chi connectivity index (χ4v) is 2.90. The lowest BCUT2D eigenvalue weighted by molar-refractivity contribution is -0.137. The van der Waals surface area contributed by atoms with Crippen LogP contribution in [0.1, 0.15) is 55.0 Å². The maximum atomic E-state index is 10.8. The molecule has 3 N–H and O–H groups in total. The van der Waals surface area contributed by atoms with Gasteiger partial charge in [-0.05, 0) is 43.9 Å². The van der Waals surface area contributed by atoms with Gasteiger partial charge in [-0.3, -0.25) is 4.79 Å². The third kappa shape index (κ3) is 5.14. The van der Waals surface area contributed by atoms with Crippen LogP contribution in [0.15, 0.2) is 12.1 Å². The van der Waals surface area contributed by atoms with E-state index >= 15 is 0 Å². The predicted octanol–water partition coefficient (Wildman–Crippen LogP) is 2.88. The van der Waals surface area contributed by atoms with Crippen LogP contribution in [0.25, 0.3) is 0 Å². The monoisotopic (exact) mass is 293 g/mol. The van der Waals surface area contributed by atoms with Gasteiger partial charge in [-0.15, -0.1) is 0 Å². The van der Waals surface area contributed by atoms with Gasteiger partial charge in [-0.2, -0.15) is 0 Å². The van der Waals surface area contributed by atoms with Crippen molar-refractivity contribution >= 4 is 5.97 Å². The van der Waals surface area contributed by atoms with Crippen molar-refractivity contribution in [3.05, 3.63) is 34.4 Å². The Morgan fingerprint density at radius 2 is 1.71 bits per heavy atom. The number of aliphatic carboxylic acids is 1. The van der Waals surface area contributed by atoms with E-state index < -0.39 is 12.1 Å². The second kappa shape index (κ2) is 7.57. The first-order valence-corrected chi connectivity index (χ1v) is 7.46. The topological polar surface area (TPSA) is 69.6 Å². The third-order valence-corrected chi connectivity index (χ3v) is 3.63. The van der Waals surface area contributed by atoms with E-state index in [1.54, 1.807) is 0 Å². The van der Waals surface area contributed by atoms with Gasteiger partial charge in [0.2, 0.25) is 0 Å². The van der Waals surface area contributed by atoms with Crippen molar-refractivity contribution in [2.75, 3.05) is 0 Å². The summed E-state index contributed by atoms with van der Waals surface area (Å²) >= 11 is 0. The van der Waals surface area contributed by atoms with Gasteiger partial charge in [0.1, 0.15) is 0 Å². The van der Waals surface area contributed by atoms with E-state index in [0.717, 1.165) is 16.7 Å². The first-order valence-electron chi connectivity index (χ1n) is 7.46. The van der Waals surface area contributed by atoms with Crippen LogP contribution in [0.5, 0.6) is 0 Å². The van der Waals surface area contributed by atoms with Crippen LogP contribution < -0.4 is 5.32 Å². The van der Waals surface area contributed by atoms with Crippen LogP contribution in [0.3, 0.4) is 0 Å². The normalized spacial score (nSPS) is 14.2. The molecular weight excluding hydrogens is 266 g/mol. The third-order valence-electron chi connectivity index (χ3n) is 3.63. The summed E-state index contributed by atoms with van der Waals surface area (Å²) < 4.78 is 0. The molecule has 0 saturated carbocycles. The molecule has 0 aliphatic heterocycles. The molecule has 1 rings (SSSR count). The molecule has 0 spiro atoms. The van der Waals surface area contributed by atoms with E-state index in [2.05, 4.69) is 17.4 Å². The number of hydrogen-bond donors (Lipinski definition) is 3. The number of rotatable bonds is 7. The summed E-state index contributed by atoms with van der Waals surface area (Å²) in [5.74, 6) is -0.838. The minimum absolute atomic E-state index is 0.0470. The summed E-state index contributed by atoms with van der Waals surface area (Å²) in [5, 5.41) is 22.9. The Balaban J connectivity index is 3.03. The number of benzene rings is 1. The number of aryl methyl sites for hydroxylation is 3. The first-order chi connectivity index (χ1) is 9.72. The molecule has 0 aliphatic rings. The molecule has 0 amide bonds. The van der Waals surface area contributed by atoms with Gasteiger partial charge in [0.15, 0.2) is 0 Å². The Morgan fingerprint density at radius 1 is 1.19 bits per heavy atom. The molecule has 1 aromatic rings. The molecule has 0 fully saturated rings. The summed E-state index contributed by atoms with van der Waals surface area (Å²) in [5.41, 5.74) is 4.17. The Kier molecular flexibility index (Phi) is 6.37. The van der Waals surface area contributed by atoms with Gasteiger partial charge in [0.05, 0.1) is 6.10 Å². The lowest BCUT2D eigenvalue weighted by Gasteiger charge is -2.28. The minimum Gasteiger partial charge on any atom is -0.481 e. The van der Waals surface area contributed by atoms with Crippen molar-refractivity contribution in [2.45, 2.75) is 65.6 Å². The predicted molar refractivity (Wildman–Crippen MR) is 84.5 cm³/mol. The minimum atomic E-state index is -0.838. The second-order valence-corrected chi connectivity index (χ2v) is 6.12. The zero-order valence-corrected chi connectivity index (χ0v) is 13.6. The summed E-state index contributed by atoms with van der Waals surface area (Å²) in [6.07, 6.45) is -0.250. The van der Waals surface area contributed by atoms with Crippen LogP contribution in [-0.2, 0) is 4.79 Å². The number of aliphatic hydroxyl groups excluding tert-OH is 1. The molecule has 4 nitrogen and oxygen atoms in total. The van der Waals surface area contributed by atoms with Crippen molar-refractivity contribution in [2.24, 2.45) is 0 Å². The second-order valence-electron chi connectivity index (χ2n) is 6.12. The zero-order valence-electron chi connectivity index (χ0n) is 13.6. The molecule has 0 aromatic heterocycles. The lowest BCUT2D eigenvalue weighted by atomic mass is 9.90. The number of hydrogen-bond acceptors (Lipinski definition) is 3. The fraction of sp³-hybridized carbons (Fsp3) is 0.588. The van der Waals surface area contributed by atoms with E-state index in [4.69, 9.17) is 5.11 Å². The van der Waals surface area contributed by atoms with Gasteiger partial charge < -0.3 is 15.5 Å². The van der Waals surface area contributed by atoms with Crippen molar-refractivity contribution in [3.63, 3.8) is 0 Å². The average Bonchev–Trinajstić information content (AvgIpc) is 2.32. The highest BCUT2D eigenvalue weighted by Crippen LogP contribution is 2.27. The van der Waals surface area contributed by atoms with Gasteiger partial charge >= 0.3 is 5.97 Å². The maximum Gasteiger partial charge on any atom is 0.303 e. The van der Waals surface area contributed by atoms with Crippen molar-refractivity contribution in [1.82, 2.24) is 5.32 Å². The Labute approximate surface area is 127 Å². The van der Waals surface area contributed by atoms with Crippen molar-refractivity contribution in [3.8, 4) is 0 Å². The molecule has 0 bridgehead atoms. The summed E-state index contributed by atoms with van der Waals surface area (Å²) in [6.45, 7) is 10.00. The number of carboxylic acids is 1. The number of aliphatic hydroxyl groups is 1. The van der Waals surface area contributed by atoms with Crippen LogP contribution >= 0.6 is 0 Å². The number of nitrogens with one attached hydrogen (secondary N) is 1. The van der Waals surface area contributed by atoms with E-state index in [9.17, 15) is 9.90 Å². The first kappa shape index (κ1) is 17.7. The molecular formula is C17H27NO3. The Morgan fingerprint density at radius 3 is 2.14 bits per heavy atom. The van der Waals surface area contributed by atoms with Crippen molar-refractivity contribution < 1.29 is 15.0 Å². The highest BCUT2D eigenvalue weighted by Gasteiger charge is 2.25. The summed E-state index contributed by atoms with van der Waals surface area (Å²) in [7, 11) is 0. The van der Waals surface area contributed by atoms with Crippen LogP contribution in [0, 0.1) is 20.8 Å². The molecule has 0 saturated heterocycles. The average molecular weight is 293 g/mol. The number of carboxylic acid groups (broad SMARTS) is 1. The maximum absolute atomic E-state index is 10.8. The molecule has 21 heavy (non-hydrogen) atoms. The van der Waals surface area contributed by atoms with Crippen LogP contribution in [0.2, 0.25) is 0 Å². The van der Waals surface area contributed by atoms with Gasteiger partial charge in [-0.1, -0.05) is 31.5 Å². The van der Waals surface area contributed by atoms with Crippen molar-refractivity contribution in [1.29, 1.82) is 0 Å². The van der Waals surface area contributed by atoms with Crippen LogP contribution in [-0.4, -0.2) is 28.3 Å². The quantitative estimate of drug-likeness (QED) is 0.723. The van der Waals surface area contributed by atoms with Gasteiger partial charge in [-0.25, -0.2) is 0 Å². The fourth-order valence-electron chi connectivity index (χ4n) is 2.90. The largest absolute Gasteiger partial charge is 0.481 e. The van der Waals surface area contributed by atoms with Crippen LogP contribution in [0.4, 0.5) is 0 Å². The SMILES string of the molecule is Cc1cc(C)c(C(O)C(CCC(=O)O)NC(C)C)c(C)c1. The molecule has 0 radical (unpaired) electrons. The molecule has 2 unspecified atom stereocenters. The molecule has 0 heterocycles. The zero-order chi connectivity index (χ0) is 16.2. The molecule has 118 valence electrons. The Bertz CT molecular complexity index is 474. The molecule has 1 aromatic carbocycles. The highest BCUT2D eigenvalue weighted by atomic mass is 16.4. The van der Waals surface area contributed by atoms with Gasteiger partial charge in [0.25, 0.3) is 0 Å². The molecule has 0 aliphatic carbocycles. The smallest absolute Gasteiger partial charge is 0.303 e. The van der Waals surface area contributed by atoms with E-state index in [0.29, 0.717) is 6.42 Å². The number of carbonyl (C=O) groups is 1. The lowest BCUT2D eigenvalue weighted by Crippen LogP contribution is -2.40. The molecule has 4 heteroatoms. The van der Waals surface area contributed by atoms with E-state index in [1.165, 1.54) is 5.56 Å². The van der Waals surface area contributed by atoms with Gasteiger partial charge in [0, 0.05) is 18.5 Å². The summed E-state index contributed by atoms with van der Waals surface area (Å²) in [4.78, 5) is 10.8. The Hall–Kier alpha value is -1.39. The molecule has 2 atom stereocenters. The highest BCUT2D eigenvalue weighted by molar-refractivity contribution is 5.66. The van der Waals surface area contributed by atoms with E-state index in [1.807, 2.05) is 34.6 Å². The van der Waals surface area contributed by atoms with E-state index in [-0.39, 0.29) is 18.5 Å².